The molecule has 0 radical (unpaired) electrons. The first-order valence-corrected chi connectivity index (χ1v) is 5.92. The predicted octanol–water partition coefficient (Wildman–Crippen LogP) is 2.68. The van der Waals surface area contributed by atoms with Gasteiger partial charge in [-0.3, -0.25) is 4.68 Å². The number of rotatable bonds is 5. The molecule has 0 saturated heterocycles. The van der Waals surface area contributed by atoms with E-state index in [9.17, 15) is 0 Å². The summed E-state index contributed by atoms with van der Waals surface area (Å²) in [6.45, 7) is 1.17. The predicted molar refractivity (Wildman–Crippen MR) is 68.5 cm³/mol. The average Bonchev–Trinajstić information content (AvgIpc) is 2.78. The number of aromatic nitrogens is 2. The molecule has 92 valence electrons. The Balaban J connectivity index is 1.81. The van der Waals surface area contributed by atoms with E-state index in [4.69, 9.17) is 21.6 Å². The van der Waals surface area contributed by atoms with Gasteiger partial charge in [-0.1, -0.05) is 23.7 Å². The maximum atomic E-state index is 8.56. The van der Waals surface area contributed by atoms with E-state index >= 15 is 0 Å². The Hall–Kier alpha value is -1.99. The zero-order valence-electron chi connectivity index (χ0n) is 9.71. The van der Waals surface area contributed by atoms with Gasteiger partial charge in [0, 0.05) is 6.20 Å². The van der Waals surface area contributed by atoms with Gasteiger partial charge in [-0.25, -0.2) is 0 Å². The van der Waals surface area contributed by atoms with Crippen LogP contribution in [0, 0.1) is 11.3 Å². The lowest BCUT2D eigenvalue weighted by atomic mass is 10.2. The van der Waals surface area contributed by atoms with Gasteiger partial charge in [-0.2, -0.15) is 10.4 Å². The van der Waals surface area contributed by atoms with Gasteiger partial charge in [0.1, 0.15) is 12.4 Å². The quantitative estimate of drug-likeness (QED) is 0.831. The van der Waals surface area contributed by atoms with Crippen LogP contribution in [0.3, 0.4) is 0 Å². The Labute approximate surface area is 110 Å². The summed E-state index contributed by atoms with van der Waals surface area (Å²) in [4.78, 5) is 0. The average molecular weight is 262 g/mol. The lowest BCUT2D eigenvalue weighted by Crippen LogP contribution is -2.08. The largest absolute Gasteiger partial charge is 0.492 e. The molecule has 0 fully saturated rings. The van der Waals surface area contributed by atoms with Crippen molar-refractivity contribution in [2.45, 2.75) is 13.0 Å². The van der Waals surface area contributed by atoms with E-state index in [1.54, 1.807) is 17.1 Å². The fourth-order valence-electron chi connectivity index (χ4n) is 1.51. The van der Waals surface area contributed by atoms with Gasteiger partial charge >= 0.3 is 0 Å². The van der Waals surface area contributed by atoms with Crippen LogP contribution in [0.5, 0.6) is 5.75 Å². The maximum absolute atomic E-state index is 8.56. The van der Waals surface area contributed by atoms with Crippen molar-refractivity contribution in [1.29, 1.82) is 5.26 Å². The highest BCUT2D eigenvalue weighted by molar-refractivity contribution is 6.30. The van der Waals surface area contributed by atoms with Crippen molar-refractivity contribution in [3.63, 3.8) is 0 Å². The van der Waals surface area contributed by atoms with Gasteiger partial charge in [0.05, 0.1) is 30.3 Å². The molecule has 1 aromatic heterocycles. The molecule has 0 spiro atoms. The highest BCUT2D eigenvalue weighted by atomic mass is 35.5. The van der Waals surface area contributed by atoms with Crippen LogP contribution in [0.25, 0.3) is 0 Å². The second kappa shape index (κ2) is 6.08. The molecule has 0 bridgehead atoms. The van der Waals surface area contributed by atoms with Crippen LogP contribution < -0.4 is 4.74 Å². The monoisotopic (exact) mass is 261 g/mol. The fourth-order valence-corrected chi connectivity index (χ4v) is 1.67. The van der Waals surface area contributed by atoms with E-state index in [1.807, 2.05) is 24.3 Å². The van der Waals surface area contributed by atoms with Crippen molar-refractivity contribution < 1.29 is 4.74 Å². The highest BCUT2D eigenvalue weighted by Gasteiger charge is 1.98. The first-order valence-electron chi connectivity index (χ1n) is 5.54. The van der Waals surface area contributed by atoms with E-state index in [0.717, 1.165) is 11.3 Å². The Kier molecular flexibility index (Phi) is 4.21. The van der Waals surface area contributed by atoms with Crippen LogP contribution in [0.4, 0.5) is 0 Å². The number of hydrogen-bond acceptors (Lipinski definition) is 3. The third-order valence-electron chi connectivity index (χ3n) is 2.40. The molecule has 0 aliphatic carbocycles. The van der Waals surface area contributed by atoms with E-state index in [-0.39, 0.29) is 0 Å². The molecule has 2 aromatic rings. The summed E-state index contributed by atoms with van der Waals surface area (Å²) in [6.07, 6.45) is 3.77. The Bertz CT molecular complexity index is 542. The van der Waals surface area contributed by atoms with E-state index in [2.05, 4.69) is 11.2 Å². The van der Waals surface area contributed by atoms with Crippen LogP contribution in [-0.4, -0.2) is 16.4 Å². The molecule has 0 saturated carbocycles. The molecule has 2 rings (SSSR count). The topological polar surface area (TPSA) is 50.8 Å². The Morgan fingerprint density at radius 1 is 1.33 bits per heavy atom. The normalized spacial score (nSPS) is 10.0. The molecule has 0 aliphatic rings. The lowest BCUT2D eigenvalue weighted by molar-refractivity contribution is 0.291. The summed E-state index contributed by atoms with van der Waals surface area (Å²) in [7, 11) is 0. The number of halogens is 1. The molecule has 0 atom stereocenters. The van der Waals surface area contributed by atoms with Gasteiger partial charge in [0.15, 0.2) is 0 Å². The van der Waals surface area contributed by atoms with Gasteiger partial charge in [0.2, 0.25) is 0 Å². The van der Waals surface area contributed by atoms with Crippen molar-refractivity contribution in [1.82, 2.24) is 9.78 Å². The Morgan fingerprint density at radius 3 is 2.72 bits per heavy atom. The van der Waals surface area contributed by atoms with Crippen LogP contribution in [0.15, 0.2) is 36.7 Å². The molecule has 0 amide bonds. The number of nitriles is 1. The molecule has 1 heterocycles. The summed E-state index contributed by atoms with van der Waals surface area (Å²) in [6, 6.07) is 9.62. The van der Waals surface area contributed by atoms with Crippen molar-refractivity contribution in [2.24, 2.45) is 0 Å². The van der Waals surface area contributed by atoms with Crippen molar-refractivity contribution in [2.75, 3.05) is 6.61 Å². The highest BCUT2D eigenvalue weighted by Crippen LogP contribution is 2.12. The minimum absolute atomic E-state index is 0.423. The zero-order valence-corrected chi connectivity index (χ0v) is 10.5. The summed E-state index contributed by atoms with van der Waals surface area (Å²) in [5.74, 6) is 0.787. The van der Waals surface area contributed by atoms with Gasteiger partial charge < -0.3 is 4.74 Å². The first-order chi connectivity index (χ1) is 8.78. The zero-order chi connectivity index (χ0) is 12.8. The van der Waals surface area contributed by atoms with E-state index in [1.165, 1.54) is 0 Å². The summed E-state index contributed by atoms with van der Waals surface area (Å²) in [5.41, 5.74) is 0.990. The third kappa shape index (κ3) is 3.51. The second-order valence-electron chi connectivity index (χ2n) is 3.75. The summed E-state index contributed by atoms with van der Waals surface area (Å²) < 4.78 is 7.29. The molecule has 0 aliphatic heterocycles. The van der Waals surface area contributed by atoms with Crippen molar-refractivity contribution in [3.05, 3.63) is 47.2 Å². The van der Waals surface area contributed by atoms with E-state index in [0.29, 0.717) is 24.6 Å². The smallest absolute Gasteiger partial charge is 0.119 e. The van der Waals surface area contributed by atoms with Crippen LogP contribution in [-0.2, 0) is 13.0 Å². The third-order valence-corrected chi connectivity index (χ3v) is 2.59. The maximum Gasteiger partial charge on any atom is 0.119 e. The van der Waals surface area contributed by atoms with Crippen LogP contribution in [0.1, 0.15) is 5.56 Å². The van der Waals surface area contributed by atoms with Gasteiger partial charge in [0.25, 0.3) is 0 Å². The Morgan fingerprint density at radius 2 is 2.11 bits per heavy atom. The SMILES string of the molecule is N#CCc1ccc(OCCn2cc(Cl)cn2)cc1. The summed E-state index contributed by atoms with van der Waals surface area (Å²) in [5, 5.41) is 13.2. The molecule has 1 aromatic carbocycles. The number of nitrogens with zero attached hydrogens (tertiary/aromatic N) is 3. The first kappa shape index (κ1) is 12.5. The standard InChI is InChI=1S/C13H12ClN3O/c14-12-9-16-17(10-12)7-8-18-13-3-1-11(2-4-13)5-6-15/h1-4,9-10H,5,7-8H2. The lowest BCUT2D eigenvalue weighted by Gasteiger charge is -2.06. The minimum Gasteiger partial charge on any atom is -0.492 e. The number of hydrogen-bond donors (Lipinski definition) is 0. The van der Waals surface area contributed by atoms with Gasteiger partial charge in [-0.05, 0) is 17.7 Å². The van der Waals surface area contributed by atoms with Crippen molar-refractivity contribution in [3.8, 4) is 11.8 Å². The number of benzene rings is 1. The fraction of sp³-hybridized carbons (Fsp3) is 0.231. The van der Waals surface area contributed by atoms with Crippen LogP contribution >= 0.6 is 11.6 Å². The van der Waals surface area contributed by atoms with Crippen LogP contribution in [0.2, 0.25) is 5.02 Å². The van der Waals surface area contributed by atoms with Crippen molar-refractivity contribution >= 4 is 11.6 Å². The second-order valence-corrected chi connectivity index (χ2v) is 4.19. The molecule has 0 unspecified atom stereocenters. The van der Waals surface area contributed by atoms with E-state index < -0.39 is 0 Å². The molecular weight excluding hydrogens is 250 g/mol. The number of ether oxygens (including phenoxy) is 1. The molecule has 0 N–H and O–H groups in total. The molecule has 5 heteroatoms. The molecular formula is C13H12ClN3O. The van der Waals surface area contributed by atoms with Gasteiger partial charge in [-0.15, -0.1) is 0 Å². The molecule has 4 nitrogen and oxygen atoms in total. The molecule has 18 heavy (non-hydrogen) atoms. The summed E-state index contributed by atoms with van der Waals surface area (Å²) >= 11 is 5.75. The minimum atomic E-state index is 0.423.